The summed E-state index contributed by atoms with van der Waals surface area (Å²) in [7, 11) is 0. The minimum absolute atomic E-state index is 0.404. The van der Waals surface area contributed by atoms with Gasteiger partial charge in [0.25, 0.3) is 0 Å². The molecular weight excluding hydrogens is 496 g/mol. The number of piperidine rings is 1. The van der Waals surface area contributed by atoms with Gasteiger partial charge in [-0.25, -0.2) is 0 Å². The van der Waals surface area contributed by atoms with E-state index in [9.17, 15) is 0 Å². The molecule has 0 aliphatic carbocycles. The number of rotatable bonds is 12. The maximum atomic E-state index is 4.86. The third-order valence-corrected chi connectivity index (χ3v) is 7.79. The zero-order chi connectivity index (χ0) is 26.0. The van der Waals surface area contributed by atoms with Crippen molar-refractivity contribution in [3.05, 3.63) is 53.9 Å². The van der Waals surface area contributed by atoms with E-state index in [4.69, 9.17) is 9.97 Å². The summed E-state index contributed by atoms with van der Waals surface area (Å²) in [5.74, 6) is 3.61. The summed E-state index contributed by atoms with van der Waals surface area (Å²) < 4.78 is 1.92. The van der Waals surface area contributed by atoms with Crippen molar-refractivity contribution in [3.63, 3.8) is 0 Å². The highest BCUT2D eigenvalue weighted by molar-refractivity contribution is 7.98. The van der Waals surface area contributed by atoms with E-state index in [1.165, 1.54) is 5.56 Å². The van der Waals surface area contributed by atoms with E-state index in [0.717, 1.165) is 94.7 Å². The van der Waals surface area contributed by atoms with Gasteiger partial charge in [0.15, 0.2) is 0 Å². The molecule has 10 nitrogen and oxygen atoms in total. The van der Waals surface area contributed by atoms with Gasteiger partial charge in [0, 0.05) is 64.5 Å². The van der Waals surface area contributed by atoms with Gasteiger partial charge in [0.2, 0.25) is 5.95 Å². The highest BCUT2D eigenvalue weighted by Crippen LogP contribution is 2.23. The van der Waals surface area contributed by atoms with Gasteiger partial charge in [0.1, 0.15) is 17.3 Å². The zero-order valence-corrected chi connectivity index (χ0v) is 23.2. The minimum atomic E-state index is 0.404. The number of piperazine rings is 1. The van der Waals surface area contributed by atoms with Crippen LogP contribution in [0.5, 0.6) is 0 Å². The molecule has 0 spiro atoms. The highest BCUT2D eigenvalue weighted by atomic mass is 32.2. The lowest BCUT2D eigenvalue weighted by atomic mass is 10.0. The Morgan fingerprint density at radius 1 is 1.05 bits per heavy atom. The Morgan fingerprint density at radius 2 is 1.87 bits per heavy atom. The Balaban J connectivity index is 1.20. The Bertz CT molecular complexity index is 1110. The molecule has 0 atom stereocenters. The van der Waals surface area contributed by atoms with E-state index < -0.39 is 0 Å². The van der Waals surface area contributed by atoms with Crippen molar-refractivity contribution in [2.45, 2.75) is 44.9 Å². The molecule has 3 N–H and O–H groups in total. The summed E-state index contributed by atoms with van der Waals surface area (Å²) >= 11 is 1.86. The highest BCUT2D eigenvalue weighted by Gasteiger charge is 2.21. The summed E-state index contributed by atoms with van der Waals surface area (Å²) in [5.41, 5.74) is 2.27. The van der Waals surface area contributed by atoms with Gasteiger partial charge in [-0.3, -0.25) is 9.58 Å². The van der Waals surface area contributed by atoms with E-state index in [1.54, 1.807) is 0 Å². The molecule has 2 fully saturated rings. The molecule has 0 amide bonds. The van der Waals surface area contributed by atoms with Crippen LogP contribution in [0.25, 0.3) is 0 Å². The van der Waals surface area contributed by atoms with Crippen molar-refractivity contribution in [2.24, 2.45) is 0 Å². The van der Waals surface area contributed by atoms with Crippen LogP contribution in [0.1, 0.15) is 30.5 Å². The first-order chi connectivity index (χ1) is 18.7. The van der Waals surface area contributed by atoms with Crippen molar-refractivity contribution in [3.8, 4) is 0 Å². The number of aromatic nitrogens is 5. The van der Waals surface area contributed by atoms with Crippen molar-refractivity contribution < 1.29 is 0 Å². The van der Waals surface area contributed by atoms with Gasteiger partial charge < -0.3 is 20.9 Å². The van der Waals surface area contributed by atoms with E-state index in [0.29, 0.717) is 18.5 Å². The maximum absolute atomic E-state index is 4.86. The molecule has 0 saturated carbocycles. The fraction of sp³-hybridized carbons (Fsp3) is 0.556. The molecule has 4 heterocycles. The lowest BCUT2D eigenvalue weighted by molar-refractivity contribution is 0.211. The first-order valence-corrected chi connectivity index (χ1v) is 15.1. The average molecular weight is 537 g/mol. The molecule has 2 saturated heterocycles. The average Bonchev–Trinajstić information content (AvgIpc) is 3.42. The Labute approximate surface area is 230 Å². The van der Waals surface area contributed by atoms with Crippen LogP contribution >= 0.6 is 11.8 Å². The van der Waals surface area contributed by atoms with Gasteiger partial charge in [-0.15, -0.1) is 5.10 Å². The molecule has 0 unspecified atom stereocenters. The molecule has 2 aliphatic heterocycles. The van der Waals surface area contributed by atoms with Crippen LogP contribution in [0.4, 0.5) is 17.6 Å². The predicted molar refractivity (Wildman–Crippen MR) is 156 cm³/mol. The van der Waals surface area contributed by atoms with Gasteiger partial charge in [-0.05, 0) is 36.8 Å². The molecule has 38 heavy (non-hydrogen) atoms. The van der Waals surface area contributed by atoms with Crippen molar-refractivity contribution in [1.29, 1.82) is 0 Å². The topological polar surface area (TPSA) is 99.1 Å². The number of nitrogens with one attached hydrogen (secondary N) is 3. The quantitative estimate of drug-likeness (QED) is 0.300. The SMILES string of the molecule is CSCCCn1cc(CNc2nc(NC3CCN(Cc4ccccc4)CC3)cc(N3CCNCC3)n2)nn1. The third kappa shape index (κ3) is 7.81. The Morgan fingerprint density at radius 3 is 2.66 bits per heavy atom. The van der Waals surface area contributed by atoms with Gasteiger partial charge >= 0.3 is 0 Å². The molecule has 11 heteroatoms. The van der Waals surface area contributed by atoms with E-state index >= 15 is 0 Å². The molecule has 3 aromatic rings. The normalized spacial score (nSPS) is 17.0. The second-order valence-electron chi connectivity index (χ2n) is 10.0. The molecule has 204 valence electrons. The van der Waals surface area contributed by atoms with Crippen LogP contribution in [0.15, 0.2) is 42.6 Å². The van der Waals surface area contributed by atoms with Crippen LogP contribution in [0.3, 0.4) is 0 Å². The van der Waals surface area contributed by atoms with Gasteiger partial charge in [-0.2, -0.15) is 21.7 Å². The zero-order valence-electron chi connectivity index (χ0n) is 22.3. The van der Waals surface area contributed by atoms with E-state index in [1.807, 2.05) is 22.6 Å². The molecule has 1 aromatic carbocycles. The van der Waals surface area contributed by atoms with Crippen LogP contribution in [0, 0.1) is 0 Å². The first-order valence-electron chi connectivity index (χ1n) is 13.7. The Hall–Kier alpha value is -2.89. The Kier molecular flexibility index (Phi) is 9.68. The number of benzene rings is 1. The first kappa shape index (κ1) is 26.7. The number of anilines is 3. The van der Waals surface area contributed by atoms with E-state index in [2.05, 4.69) is 78.7 Å². The molecule has 5 rings (SSSR count). The second-order valence-corrected chi connectivity index (χ2v) is 11.0. The predicted octanol–water partition coefficient (Wildman–Crippen LogP) is 2.92. The number of aryl methyl sites for hydroxylation is 1. The monoisotopic (exact) mass is 536 g/mol. The van der Waals surface area contributed by atoms with Crippen molar-refractivity contribution in [1.82, 2.24) is 35.2 Å². The number of thioether (sulfide) groups is 1. The summed E-state index contributed by atoms with van der Waals surface area (Å²) in [5, 5.41) is 19.1. The van der Waals surface area contributed by atoms with Crippen LogP contribution in [0.2, 0.25) is 0 Å². The fourth-order valence-corrected chi connectivity index (χ4v) is 5.42. The molecular formula is C27H40N10S. The minimum Gasteiger partial charge on any atom is -0.367 e. The smallest absolute Gasteiger partial charge is 0.226 e. The maximum Gasteiger partial charge on any atom is 0.226 e. The molecule has 2 aliphatic rings. The third-order valence-electron chi connectivity index (χ3n) is 7.09. The summed E-state index contributed by atoms with van der Waals surface area (Å²) in [6.07, 6.45) is 7.43. The van der Waals surface area contributed by atoms with Crippen LogP contribution < -0.4 is 20.9 Å². The molecule has 0 bridgehead atoms. The lowest BCUT2D eigenvalue weighted by Crippen LogP contribution is -2.44. The number of hydrogen-bond acceptors (Lipinski definition) is 10. The second kappa shape index (κ2) is 13.8. The van der Waals surface area contributed by atoms with Crippen LogP contribution in [-0.2, 0) is 19.6 Å². The summed E-state index contributed by atoms with van der Waals surface area (Å²) in [6, 6.07) is 13.3. The largest absolute Gasteiger partial charge is 0.367 e. The number of hydrogen-bond donors (Lipinski definition) is 3. The standard InChI is InChI=1S/C27H40N10S/c1-38-17-5-12-37-21-24(33-34-37)19-29-27-31-25(18-26(32-27)36-15-10-28-11-16-36)30-23-8-13-35(14-9-23)20-22-6-3-2-4-7-22/h2-4,6-7,18,21,23,28H,5,8-17,19-20H2,1H3,(H2,29,30,31,32). The summed E-state index contributed by atoms with van der Waals surface area (Å²) in [6.45, 7) is 8.44. The summed E-state index contributed by atoms with van der Waals surface area (Å²) in [4.78, 5) is 14.6. The van der Waals surface area contributed by atoms with E-state index in [-0.39, 0.29) is 0 Å². The number of likely N-dealkylation sites (tertiary alicyclic amines) is 1. The number of nitrogens with zero attached hydrogens (tertiary/aromatic N) is 7. The van der Waals surface area contributed by atoms with Crippen LogP contribution in [-0.4, -0.2) is 87.2 Å². The van der Waals surface area contributed by atoms with Crippen molar-refractivity contribution in [2.75, 3.05) is 66.8 Å². The van der Waals surface area contributed by atoms with Gasteiger partial charge in [-0.1, -0.05) is 35.5 Å². The van der Waals surface area contributed by atoms with Gasteiger partial charge in [0.05, 0.1) is 12.7 Å². The molecule has 0 radical (unpaired) electrons. The van der Waals surface area contributed by atoms with Crippen molar-refractivity contribution >= 4 is 29.3 Å². The lowest BCUT2D eigenvalue weighted by Gasteiger charge is -2.33. The fourth-order valence-electron chi connectivity index (χ4n) is 5.00. The molecule has 2 aromatic heterocycles.